The summed E-state index contributed by atoms with van der Waals surface area (Å²) < 4.78 is 40.9. The van der Waals surface area contributed by atoms with Crippen molar-refractivity contribution in [1.29, 1.82) is 0 Å². The number of nitrogens with one attached hydrogen (secondary N) is 1. The fourth-order valence-electron chi connectivity index (χ4n) is 3.73. The second-order valence-electron chi connectivity index (χ2n) is 8.27. The molecule has 2 amide bonds. The lowest BCUT2D eigenvalue weighted by Gasteiger charge is -2.30. The molecule has 36 heavy (non-hydrogen) atoms. The third-order valence-electron chi connectivity index (χ3n) is 5.68. The Morgan fingerprint density at radius 3 is 2.44 bits per heavy atom. The summed E-state index contributed by atoms with van der Waals surface area (Å²) in [6.07, 6.45) is -0.337. The number of hydrogen-bond donors (Lipinski definition) is 1. The molecule has 0 aliphatic carbocycles. The Kier molecular flexibility index (Phi) is 9.03. The molecule has 2 atom stereocenters. The molecular weight excluding hydrogens is 520 g/mol. The number of nitrogens with zero attached hydrogens (tertiary/aromatic N) is 1. The lowest BCUT2D eigenvalue weighted by Crippen LogP contribution is -2.45. The Morgan fingerprint density at radius 1 is 1.17 bits per heavy atom. The molecule has 0 radical (unpaired) electrons. The highest BCUT2D eigenvalue weighted by atomic mass is 35.5. The summed E-state index contributed by atoms with van der Waals surface area (Å²) in [5.41, 5.74) is 1.52. The molecule has 2 aromatic carbocycles. The van der Waals surface area contributed by atoms with Crippen molar-refractivity contribution in [1.82, 2.24) is 10.2 Å². The number of rotatable bonds is 9. The third-order valence-corrected chi connectivity index (χ3v) is 6.42. The van der Waals surface area contributed by atoms with Gasteiger partial charge in [0.15, 0.2) is 0 Å². The Balaban J connectivity index is 1.71. The first-order valence-electron chi connectivity index (χ1n) is 11.0. The normalized spacial score (nSPS) is 16.8. The van der Waals surface area contributed by atoms with E-state index in [2.05, 4.69) is 10.1 Å². The van der Waals surface area contributed by atoms with E-state index in [4.69, 9.17) is 23.2 Å². The number of carbonyl (C=O) groups is 3. The minimum atomic E-state index is -4.78. The van der Waals surface area contributed by atoms with E-state index in [1.165, 1.54) is 29.2 Å². The van der Waals surface area contributed by atoms with Gasteiger partial charge in [-0.2, -0.15) is 0 Å². The quantitative estimate of drug-likeness (QED) is 0.354. The van der Waals surface area contributed by atoms with E-state index in [0.717, 1.165) is 5.56 Å². The number of Topliss-reactive ketones (excluding diaryl/α,β-unsaturated/α-hetero) is 1. The van der Waals surface area contributed by atoms with E-state index in [0.29, 0.717) is 28.5 Å². The molecule has 2 aromatic rings. The number of ketones is 1. The zero-order valence-corrected chi connectivity index (χ0v) is 20.7. The van der Waals surface area contributed by atoms with Crippen LogP contribution in [0.1, 0.15) is 24.5 Å². The van der Waals surface area contributed by atoms with Crippen molar-refractivity contribution in [2.24, 2.45) is 5.92 Å². The molecule has 0 aromatic heterocycles. The van der Waals surface area contributed by atoms with Gasteiger partial charge in [0.1, 0.15) is 11.7 Å². The molecule has 1 heterocycles. The smallest absolute Gasteiger partial charge is 0.406 e. The van der Waals surface area contributed by atoms with Crippen LogP contribution in [0.2, 0.25) is 10.0 Å². The third kappa shape index (κ3) is 7.48. The maximum Gasteiger partial charge on any atom is 0.573 e. The van der Waals surface area contributed by atoms with Gasteiger partial charge in [-0.15, -0.1) is 13.2 Å². The minimum Gasteiger partial charge on any atom is -0.406 e. The molecule has 6 nitrogen and oxygen atoms in total. The molecule has 1 aliphatic rings. The topological polar surface area (TPSA) is 75.7 Å². The van der Waals surface area contributed by atoms with Gasteiger partial charge in [-0.25, -0.2) is 0 Å². The predicted octanol–water partition coefficient (Wildman–Crippen LogP) is 5.07. The summed E-state index contributed by atoms with van der Waals surface area (Å²) in [6.45, 7) is 1.90. The Morgan fingerprint density at radius 2 is 1.86 bits per heavy atom. The largest absolute Gasteiger partial charge is 0.573 e. The Labute approximate surface area is 216 Å². The summed E-state index contributed by atoms with van der Waals surface area (Å²) in [5, 5.41) is 3.25. The first-order chi connectivity index (χ1) is 16.9. The highest BCUT2D eigenvalue weighted by Gasteiger charge is 2.40. The lowest BCUT2D eigenvalue weighted by atomic mass is 10.0. The fourth-order valence-corrected chi connectivity index (χ4v) is 4.05. The molecule has 1 N–H and O–H groups in total. The van der Waals surface area contributed by atoms with Crippen LogP contribution in [0.15, 0.2) is 48.5 Å². The predicted molar refractivity (Wildman–Crippen MR) is 130 cm³/mol. The number of halogens is 5. The molecule has 1 saturated heterocycles. The highest BCUT2D eigenvalue weighted by Crippen LogP contribution is 2.25. The molecule has 11 heteroatoms. The number of amides is 2. The number of alkyl halides is 3. The van der Waals surface area contributed by atoms with Crippen LogP contribution in [0, 0.1) is 5.92 Å². The van der Waals surface area contributed by atoms with E-state index >= 15 is 0 Å². The standard InChI is InChI=1S/C25H23Cl2F3N2O4/c1-15(4-5-17-8-11-20(26)21(27)13-17)32(24(35)19-14-31-23(34)22(19)33)12-2-3-16-6-9-18(10-7-16)36-25(28,29)30/h2-3,6-11,13,15,19H,4-5,12,14H2,1H3,(H,31,34). The van der Waals surface area contributed by atoms with E-state index in [1.54, 1.807) is 24.3 Å². The summed E-state index contributed by atoms with van der Waals surface area (Å²) in [4.78, 5) is 38.5. The first kappa shape index (κ1) is 27.5. The monoisotopic (exact) mass is 542 g/mol. The maximum atomic E-state index is 13.2. The van der Waals surface area contributed by atoms with E-state index in [9.17, 15) is 27.6 Å². The van der Waals surface area contributed by atoms with Crippen molar-refractivity contribution in [3.05, 3.63) is 69.7 Å². The van der Waals surface area contributed by atoms with Crippen molar-refractivity contribution in [3.8, 4) is 5.75 Å². The van der Waals surface area contributed by atoms with E-state index < -0.39 is 29.9 Å². The van der Waals surface area contributed by atoms with Crippen LogP contribution < -0.4 is 10.1 Å². The second-order valence-corrected chi connectivity index (χ2v) is 9.09. The van der Waals surface area contributed by atoms with Gasteiger partial charge in [-0.05, 0) is 55.2 Å². The summed E-state index contributed by atoms with van der Waals surface area (Å²) in [5.74, 6) is -3.47. The average molecular weight is 543 g/mol. The zero-order chi connectivity index (χ0) is 26.5. The number of aryl methyl sites for hydroxylation is 1. The minimum absolute atomic E-state index is 0.0586. The van der Waals surface area contributed by atoms with Crippen LogP contribution in [-0.2, 0) is 20.8 Å². The van der Waals surface area contributed by atoms with Gasteiger partial charge in [0.05, 0.1) is 10.0 Å². The molecule has 192 valence electrons. The van der Waals surface area contributed by atoms with Gasteiger partial charge < -0.3 is 15.0 Å². The maximum absolute atomic E-state index is 13.2. The summed E-state index contributed by atoms with van der Waals surface area (Å²) in [6, 6.07) is 10.2. The van der Waals surface area contributed by atoms with Gasteiger partial charge >= 0.3 is 6.36 Å². The Hall–Kier alpha value is -3.04. The molecule has 0 saturated carbocycles. The molecular formula is C25H23Cl2F3N2O4. The van der Waals surface area contributed by atoms with Crippen molar-refractivity contribution in [2.75, 3.05) is 13.1 Å². The highest BCUT2D eigenvalue weighted by molar-refractivity contribution is 6.42. The number of benzene rings is 2. The van der Waals surface area contributed by atoms with Crippen molar-refractivity contribution < 1.29 is 32.3 Å². The molecule has 1 aliphatic heterocycles. The molecule has 1 fully saturated rings. The SMILES string of the molecule is CC(CCc1ccc(Cl)c(Cl)c1)N(CC=Cc1ccc(OC(F)(F)F)cc1)C(=O)C1CNC(=O)C1=O. The molecule has 3 rings (SSSR count). The van der Waals surface area contributed by atoms with Crippen molar-refractivity contribution in [2.45, 2.75) is 32.2 Å². The number of ether oxygens (including phenoxy) is 1. The van der Waals surface area contributed by atoms with Gasteiger partial charge in [-0.1, -0.05) is 53.6 Å². The van der Waals surface area contributed by atoms with Crippen LogP contribution in [0.4, 0.5) is 13.2 Å². The summed E-state index contributed by atoms with van der Waals surface area (Å²) in [7, 11) is 0. The van der Waals surface area contributed by atoms with Crippen LogP contribution in [0.5, 0.6) is 5.75 Å². The Bertz CT molecular complexity index is 1150. The van der Waals surface area contributed by atoms with Crippen LogP contribution in [0.3, 0.4) is 0 Å². The van der Waals surface area contributed by atoms with E-state index in [1.807, 2.05) is 13.0 Å². The van der Waals surface area contributed by atoms with Crippen LogP contribution in [0.25, 0.3) is 6.08 Å². The van der Waals surface area contributed by atoms with Gasteiger partial charge in [-0.3, -0.25) is 14.4 Å². The lowest BCUT2D eigenvalue weighted by molar-refractivity contribution is -0.274. The summed E-state index contributed by atoms with van der Waals surface area (Å²) >= 11 is 12.0. The molecule has 0 spiro atoms. The van der Waals surface area contributed by atoms with E-state index in [-0.39, 0.29) is 24.9 Å². The second kappa shape index (κ2) is 11.8. The van der Waals surface area contributed by atoms with Crippen molar-refractivity contribution >= 4 is 46.9 Å². The van der Waals surface area contributed by atoms with Gasteiger partial charge in [0, 0.05) is 19.1 Å². The number of hydrogen-bond acceptors (Lipinski definition) is 4. The van der Waals surface area contributed by atoms with Crippen LogP contribution in [-0.4, -0.2) is 48.0 Å². The van der Waals surface area contributed by atoms with Crippen molar-refractivity contribution in [3.63, 3.8) is 0 Å². The van der Waals surface area contributed by atoms with Gasteiger partial charge in [0.2, 0.25) is 11.7 Å². The fraction of sp³-hybridized carbons (Fsp3) is 0.320. The van der Waals surface area contributed by atoms with Gasteiger partial charge in [0.25, 0.3) is 5.91 Å². The van der Waals surface area contributed by atoms with Crippen LogP contribution >= 0.6 is 23.2 Å². The number of carbonyl (C=O) groups excluding carboxylic acids is 3. The zero-order valence-electron chi connectivity index (χ0n) is 19.1. The molecule has 2 unspecified atom stereocenters. The average Bonchev–Trinajstić information content (AvgIpc) is 3.15. The molecule has 0 bridgehead atoms. The first-order valence-corrected chi connectivity index (χ1v) is 11.8.